The number of hydrogen-bond donors (Lipinski definition) is 2. The van der Waals surface area contributed by atoms with Crippen LogP contribution in [-0.2, 0) is 16.1 Å². The molecule has 0 aromatic heterocycles. The van der Waals surface area contributed by atoms with Gasteiger partial charge in [0.15, 0.2) is 0 Å². The fraction of sp³-hybridized carbons (Fsp3) is 0.462. The van der Waals surface area contributed by atoms with Crippen molar-refractivity contribution in [2.75, 3.05) is 20.3 Å². The second-order valence-electron chi connectivity index (χ2n) is 3.99. The lowest BCUT2D eigenvalue weighted by Gasteiger charge is -2.09. The van der Waals surface area contributed by atoms with Gasteiger partial charge < -0.3 is 20.5 Å². The maximum atomic E-state index is 11.3. The zero-order valence-electron chi connectivity index (χ0n) is 11.2. The summed E-state index contributed by atoms with van der Waals surface area (Å²) >= 11 is 0. The SMILES string of the molecule is COCCOc1ccc(CNC(=O)[C@H](C)N)cc1.Cl. The van der Waals surface area contributed by atoms with Gasteiger partial charge in [-0.1, -0.05) is 12.1 Å². The molecule has 1 aromatic carbocycles. The van der Waals surface area contributed by atoms with E-state index in [1.165, 1.54) is 0 Å². The Labute approximate surface area is 119 Å². The minimum absolute atomic E-state index is 0. The molecule has 1 rings (SSSR count). The van der Waals surface area contributed by atoms with Crippen molar-refractivity contribution in [2.45, 2.75) is 19.5 Å². The second kappa shape index (κ2) is 9.61. The molecule has 0 heterocycles. The number of ether oxygens (including phenoxy) is 2. The smallest absolute Gasteiger partial charge is 0.236 e. The van der Waals surface area contributed by atoms with Crippen molar-refractivity contribution in [1.29, 1.82) is 0 Å². The molecule has 0 saturated heterocycles. The summed E-state index contributed by atoms with van der Waals surface area (Å²) in [5, 5.41) is 2.75. The number of nitrogens with one attached hydrogen (secondary N) is 1. The Morgan fingerprint density at radius 3 is 2.47 bits per heavy atom. The molecule has 108 valence electrons. The van der Waals surface area contributed by atoms with Gasteiger partial charge in [0, 0.05) is 13.7 Å². The van der Waals surface area contributed by atoms with Gasteiger partial charge in [-0.2, -0.15) is 0 Å². The third-order valence-corrected chi connectivity index (χ3v) is 2.36. The number of carbonyl (C=O) groups is 1. The summed E-state index contributed by atoms with van der Waals surface area (Å²) in [4.78, 5) is 11.3. The Balaban J connectivity index is 0.00000324. The highest BCUT2D eigenvalue weighted by molar-refractivity contribution is 5.85. The Morgan fingerprint density at radius 1 is 1.32 bits per heavy atom. The van der Waals surface area contributed by atoms with E-state index in [-0.39, 0.29) is 18.3 Å². The normalized spacial score (nSPS) is 11.3. The van der Waals surface area contributed by atoms with Gasteiger partial charge in [0.05, 0.1) is 12.6 Å². The van der Waals surface area contributed by atoms with Gasteiger partial charge in [-0.25, -0.2) is 0 Å². The first-order valence-electron chi connectivity index (χ1n) is 5.87. The third-order valence-electron chi connectivity index (χ3n) is 2.36. The molecule has 0 aliphatic heterocycles. The largest absolute Gasteiger partial charge is 0.491 e. The lowest BCUT2D eigenvalue weighted by Crippen LogP contribution is -2.37. The minimum atomic E-state index is -0.485. The van der Waals surface area contributed by atoms with Crippen molar-refractivity contribution in [1.82, 2.24) is 5.32 Å². The number of rotatable bonds is 7. The van der Waals surface area contributed by atoms with E-state index in [9.17, 15) is 4.79 Å². The highest BCUT2D eigenvalue weighted by Gasteiger charge is 2.05. The molecule has 0 fully saturated rings. The van der Waals surface area contributed by atoms with Crippen LogP contribution in [0.25, 0.3) is 0 Å². The van der Waals surface area contributed by atoms with E-state index in [1.807, 2.05) is 24.3 Å². The number of amides is 1. The predicted octanol–water partition coefficient (Wildman–Crippen LogP) is 1.10. The molecule has 5 nitrogen and oxygen atoms in total. The van der Waals surface area contributed by atoms with Crippen LogP contribution >= 0.6 is 12.4 Å². The molecule has 0 spiro atoms. The number of halogens is 1. The van der Waals surface area contributed by atoms with Crippen LogP contribution in [0.5, 0.6) is 5.75 Å². The van der Waals surface area contributed by atoms with Gasteiger partial charge >= 0.3 is 0 Å². The van der Waals surface area contributed by atoms with E-state index < -0.39 is 6.04 Å². The molecule has 0 bridgehead atoms. The average molecular weight is 289 g/mol. The summed E-state index contributed by atoms with van der Waals surface area (Å²) in [6, 6.07) is 7.06. The van der Waals surface area contributed by atoms with E-state index >= 15 is 0 Å². The molecule has 19 heavy (non-hydrogen) atoms. The Bertz CT molecular complexity index is 369. The lowest BCUT2D eigenvalue weighted by atomic mass is 10.2. The number of nitrogens with two attached hydrogens (primary N) is 1. The maximum absolute atomic E-state index is 11.3. The highest BCUT2D eigenvalue weighted by Crippen LogP contribution is 2.11. The molecule has 1 atom stereocenters. The number of hydrogen-bond acceptors (Lipinski definition) is 4. The lowest BCUT2D eigenvalue weighted by molar-refractivity contribution is -0.122. The van der Waals surface area contributed by atoms with E-state index in [0.29, 0.717) is 19.8 Å². The van der Waals surface area contributed by atoms with Crippen molar-refractivity contribution < 1.29 is 14.3 Å². The van der Waals surface area contributed by atoms with Crippen LogP contribution in [0.3, 0.4) is 0 Å². The summed E-state index contributed by atoms with van der Waals surface area (Å²) < 4.78 is 10.3. The van der Waals surface area contributed by atoms with E-state index in [4.69, 9.17) is 15.2 Å². The third kappa shape index (κ3) is 7.00. The maximum Gasteiger partial charge on any atom is 0.236 e. The van der Waals surface area contributed by atoms with E-state index in [1.54, 1.807) is 14.0 Å². The van der Waals surface area contributed by atoms with Crippen LogP contribution in [0.15, 0.2) is 24.3 Å². The van der Waals surface area contributed by atoms with E-state index in [2.05, 4.69) is 5.32 Å². The predicted molar refractivity (Wildman–Crippen MR) is 76.6 cm³/mol. The van der Waals surface area contributed by atoms with Crippen molar-refractivity contribution >= 4 is 18.3 Å². The average Bonchev–Trinajstić information content (AvgIpc) is 2.37. The van der Waals surface area contributed by atoms with Gasteiger partial charge in [-0.05, 0) is 24.6 Å². The Morgan fingerprint density at radius 2 is 1.95 bits per heavy atom. The van der Waals surface area contributed by atoms with E-state index in [0.717, 1.165) is 11.3 Å². The van der Waals surface area contributed by atoms with Crippen molar-refractivity contribution in [3.63, 3.8) is 0 Å². The molecule has 1 amide bonds. The quantitative estimate of drug-likeness (QED) is 0.737. The van der Waals surface area contributed by atoms with Crippen LogP contribution in [0, 0.1) is 0 Å². The van der Waals surface area contributed by atoms with Crippen LogP contribution < -0.4 is 15.8 Å². The molecular formula is C13H21ClN2O3. The Kier molecular flexibility index (Phi) is 8.95. The number of carbonyl (C=O) groups excluding carboxylic acids is 1. The van der Waals surface area contributed by atoms with Gasteiger partial charge in [0.1, 0.15) is 12.4 Å². The summed E-state index contributed by atoms with van der Waals surface area (Å²) in [7, 11) is 1.63. The molecule has 0 aliphatic carbocycles. The van der Waals surface area contributed by atoms with Crippen LogP contribution in [0.4, 0.5) is 0 Å². The van der Waals surface area contributed by atoms with Crippen LogP contribution in [0.1, 0.15) is 12.5 Å². The summed E-state index contributed by atoms with van der Waals surface area (Å²) in [6.07, 6.45) is 0. The van der Waals surface area contributed by atoms with Crippen molar-refractivity contribution in [3.8, 4) is 5.75 Å². The Hall–Kier alpha value is -1.30. The first kappa shape index (κ1) is 17.7. The fourth-order valence-electron chi connectivity index (χ4n) is 1.30. The van der Waals surface area contributed by atoms with Gasteiger partial charge in [-0.15, -0.1) is 12.4 Å². The zero-order valence-corrected chi connectivity index (χ0v) is 12.0. The topological polar surface area (TPSA) is 73.6 Å². The van der Waals surface area contributed by atoms with Crippen LogP contribution in [-0.4, -0.2) is 32.3 Å². The molecule has 3 N–H and O–H groups in total. The molecule has 0 unspecified atom stereocenters. The monoisotopic (exact) mass is 288 g/mol. The highest BCUT2D eigenvalue weighted by atomic mass is 35.5. The summed E-state index contributed by atoms with van der Waals surface area (Å²) in [6.45, 7) is 3.21. The molecule has 0 saturated carbocycles. The van der Waals surface area contributed by atoms with Gasteiger partial charge in [-0.3, -0.25) is 4.79 Å². The standard InChI is InChI=1S/C13H20N2O3.ClH/c1-10(14)13(16)15-9-11-3-5-12(6-4-11)18-8-7-17-2;/h3-6,10H,7-9,14H2,1-2H3,(H,15,16);1H/t10-;/m0./s1. The van der Waals surface area contributed by atoms with Gasteiger partial charge in [0.25, 0.3) is 0 Å². The van der Waals surface area contributed by atoms with Crippen molar-refractivity contribution in [2.24, 2.45) is 5.73 Å². The summed E-state index contributed by atoms with van der Waals surface area (Å²) in [5.41, 5.74) is 6.45. The van der Waals surface area contributed by atoms with Crippen LogP contribution in [0.2, 0.25) is 0 Å². The van der Waals surface area contributed by atoms with Gasteiger partial charge in [0.2, 0.25) is 5.91 Å². The molecular weight excluding hydrogens is 268 g/mol. The fourth-order valence-corrected chi connectivity index (χ4v) is 1.30. The zero-order chi connectivity index (χ0) is 13.4. The molecule has 1 aromatic rings. The first-order valence-corrected chi connectivity index (χ1v) is 5.87. The second-order valence-corrected chi connectivity index (χ2v) is 3.99. The number of benzene rings is 1. The molecule has 0 radical (unpaired) electrons. The minimum Gasteiger partial charge on any atom is -0.491 e. The number of methoxy groups -OCH3 is 1. The first-order chi connectivity index (χ1) is 8.63. The summed E-state index contributed by atoms with van der Waals surface area (Å²) in [5.74, 6) is 0.629. The molecule has 0 aliphatic rings. The molecule has 6 heteroatoms. The van der Waals surface area contributed by atoms with Crippen molar-refractivity contribution in [3.05, 3.63) is 29.8 Å².